The van der Waals surface area contributed by atoms with E-state index in [0.29, 0.717) is 0 Å². The molecule has 52 valence electrons. The summed E-state index contributed by atoms with van der Waals surface area (Å²) in [6, 6.07) is -3.38. The van der Waals surface area contributed by atoms with Crippen LogP contribution in [-0.2, 0) is 0 Å². The highest BCUT2D eigenvalue weighted by atomic mass is 19.1. The van der Waals surface area contributed by atoms with E-state index in [1.165, 1.54) is 0 Å². The molecule has 0 saturated heterocycles. The van der Waals surface area contributed by atoms with Gasteiger partial charge in [0.1, 0.15) is 5.82 Å². The third-order valence-electron chi connectivity index (χ3n) is 0.856. The Bertz CT molecular complexity index is 390. The van der Waals surface area contributed by atoms with Gasteiger partial charge in [-0.1, -0.05) is 12.1 Å². The summed E-state index contributed by atoms with van der Waals surface area (Å²) in [5, 5.41) is 8.50. The van der Waals surface area contributed by atoms with Gasteiger partial charge in [0.15, 0.2) is 0 Å². The topological polar surface area (TPSA) is 37.3 Å². The van der Waals surface area contributed by atoms with Crippen molar-refractivity contribution < 1.29 is 19.8 Å². The number of rotatable bonds is 1. The molecule has 3 heteroatoms. The van der Waals surface area contributed by atoms with Gasteiger partial charge < -0.3 is 5.11 Å². The highest BCUT2D eigenvalue weighted by Gasteiger charge is 2.06. The van der Waals surface area contributed by atoms with E-state index in [1.54, 1.807) is 0 Å². The van der Waals surface area contributed by atoms with Gasteiger partial charge in [-0.3, -0.25) is 0 Å². The van der Waals surface area contributed by atoms with Gasteiger partial charge in [-0.15, -0.1) is 0 Å². The van der Waals surface area contributed by atoms with Gasteiger partial charge in [-0.2, -0.15) is 0 Å². The lowest BCUT2D eigenvalue weighted by Crippen LogP contribution is -1.98. The van der Waals surface area contributed by atoms with E-state index < -0.39 is 41.5 Å². The Balaban J connectivity index is 3.68. The monoisotopic (exact) mass is 144 g/mol. The molecule has 0 bridgehead atoms. The zero-order valence-corrected chi connectivity index (χ0v) is 4.73. The van der Waals surface area contributed by atoms with Crippen molar-refractivity contribution in [1.82, 2.24) is 0 Å². The Kier molecular flexibility index (Phi) is 0.777. The Labute approximate surface area is 62.5 Å². The minimum absolute atomic E-state index is 0.756. The largest absolute Gasteiger partial charge is 0.478 e. The summed E-state index contributed by atoms with van der Waals surface area (Å²) >= 11 is 0. The van der Waals surface area contributed by atoms with Gasteiger partial charge in [-0.25, -0.2) is 9.18 Å². The molecule has 0 aliphatic rings. The van der Waals surface area contributed by atoms with Crippen molar-refractivity contribution in [2.24, 2.45) is 0 Å². The van der Waals surface area contributed by atoms with Crippen molar-refractivity contribution >= 4 is 5.97 Å². The highest BCUT2D eigenvalue weighted by Crippen LogP contribution is 2.04. The van der Waals surface area contributed by atoms with Crippen LogP contribution in [0.4, 0.5) is 4.39 Å². The highest BCUT2D eigenvalue weighted by molar-refractivity contribution is 5.87. The molecule has 0 aliphatic carbocycles. The van der Waals surface area contributed by atoms with Crippen LogP contribution >= 0.6 is 0 Å². The molecule has 1 N–H and O–H groups in total. The molecule has 0 aliphatic heterocycles. The average molecular weight is 144 g/mol. The summed E-state index contributed by atoms with van der Waals surface area (Å²) in [4.78, 5) is 10.5. The van der Waals surface area contributed by atoms with Crippen molar-refractivity contribution in [3.05, 3.63) is 35.6 Å². The normalized spacial score (nSPS) is 14.9. The fourth-order valence-corrected chi connectivity index (χ4v) is 0.445. The smallest absolute Gasteiger partial charge is 0.338 e. The molecular weight excluding hydrogens is 135 g/mol. The number of halogens is 1. The van der Waals surface area contributed by atoms with Gasteiger partial charge in [-0.05, 0) is 12.1 Å². The van der Waals surface area contributed by atoms with Crippen LogP contribution in [0.25, 0.3) is 0 Å². The van der Waals surface area contributed by atoms with Gasteiger partial charge >= 0.3 is 5.97 Å². The second-order valence-corrected chi connectivity index (χ2v) is 1.49. The van der Waals surface area contributed by atoms with Crippen LogP contribution in [0.15, 0.2) is 24.2 Å². The summed E-state index contributed by atoms with van der Waals surface area (Å²) in [7, 11) is 0. The fraction of sp³-hybridized carbons (Fsp3) is 0. The molecule has 0 fully saturated rings. The number of carbonyl (C=O) groups is 1. The van der Waals surface area contributed by atoms with E-state index in [2.05, 4.69) is 0 Å². The van der Waals surface area contributed by atoms with E-state index in [4.69, 9.17) is 10.6 Å². The molecule has 0 radical (unpaired) electrons. The molecule has 1 rings (SSSR count). The molecule has 0 unspecified atom stereocenters. The lowest BCUT2D eigenvalue weighted by molar-refractivity contribution is 0.0692. The lowest BCUT2D eigenvalue weighted by Gasteiger charge is -1.92. The zero-order chi connectivity index (χ0) is 11.0. The fourth-order valence-electron chi connectivity index (χ4n) is 0.445. The van der Waals surface area contributed by atoms with E-state index in [0.717, 1.165) is 0 Å². The Morgan fingerprint density at radius 1 is 1.60 bits per heavy atom. The number of carboxylic acid groups (broad SMARTS) is 1. The Hall–Kier alpha value is -1.38. The standard InChI is InChI=1S/C7H5FO2/c8-6-4-2-1-3-5(6)7(9)10/h1-4H,(H,9,10)/i1D,2D,3D,4D. The van der Waals surface area contributed by atoms with Crippen LogP contribution < -0.4 is 0 Å². The summed E-state index contributed by atoms with van der Waals surface area (Å²) < 4.78 is 41.3. The van der Waals surface area contributed by atoms with Gasteiger partial charge in [0.2, 0.25) is 0 Å². The molecule has 0 spiro atoms. The Morgan fingerprint density at radius 3 is 2.80 bits per heavy atom. The molecule has 10 heavy (non-hydrogen) atoms. The summed E-state index contributed by atoms with van der Waals surface area (Å²) in [6.07, 6.45) is 0. The number of benzene rings is 1. The third-order valence-corrected chi connectivity index (χ3v) is 0.856. The predicted molar refractivity (Wildman–Crippen MR) is 33.4 cm³/mol. The van der Waals surface area contributed by atoms with E-state index in [9.17, 15) is 9.18 Å². The first-order valence-corrected chi connectivity index (χ1v) is 2.37. The maximum atomic E-state index is 13.1. The third kappa shape index (κ3) is 1.13. The second-order valence-electron chi connectivity index (χ2n) is 1.49. The second kappa shape index (κ2) is 2.47. The molecule has 0 saturated carbocycles. The van der Waals surface area contributed by atoms with Crippen molar-refractivity contribution in [2.45, 2.75) is 0 Å². The number of hydrogen-bond donors (Lipinski definition) is 1. The van der Waals surface area contributed by atoms with Gasteiger partial charge in [0.05, 0.1) is 11.0 Å². The van der Waals surface area contributed by atoms with E-state index in [-0.39, 0.29) is 0 Å². The summed E-state index contributed by atoms with van der Waals surface area (Å²) in [5.74, 6) is -3.15. The summed E-state index contributed by atoms with van der Waals surface area (Å²) in [5.41, 5.74) is -1.03. The van der Waals surface area contributed by atoms with Crippen molar-refractivity contribution in [2.75, 3.05) is 0 Å². The molecule has 0 atom stereocenters. The molecule has 0 aromatic heterocycles. The molecule has 1 aromatic rings. The number of carboxylic acids is 1. The molecule has 2 nitrogen and oxygen atoms in total. The van der Waals surface area contributed by atoms with Crippen LogP contribution in [0, 0.1) is 5.82 Å². The van der Waals surface area contributed by atoms with Gasteiger partial charge in [0, 0.05) is 0 Å². The molecule has 1 aromatic carbocycles. The first-order valence-electron chi connectivity index (χ1n) is 4.37. The zero-order valence-electron chi connectivity index (χ0n) is 8.73. The Morgan fingerprint density at radius 2 is 2.20 bits per heavy atom. The predicted octanol–water partition coefficient (Wildman–Crippen LogP) is 1.52. The quantitative estimate of drug-likeness (QED) is 0.648. The van der Waals surface area contributed by atoms with Gasteiger partial charge in [0.25, 0.3) is 0 Å². The van der Waals surface area contributed by atoms with Crippen molar-refractivity contribution in [3.8, 4) is 0 Å². The van der Waals surface area contributed by atoms with E-state index >= 15 is 0 Å². The van der Waals surface area contributed by atoms with Crippen molar-refractivity contribution in [1.29, 1.82) is 0 Å². The number of hydrogen-bond acceptors (Lipinski definition) is 1. The number of aromatic carboxylic acids is 1. The summed E-state index contributed by atoms with van der Waals surface area (Å²) in [6.45, 7) is 0. The first kappa shape index (κ1) is 3.14. The molecular formula is C7H5FO2. The maximum absolute atomic E-state index is 13.1. The van der Waals surface area contributed by atoms with Crippen molar-refractivity contribution in [3.63, 3.8) is 0 Å². The minimum atomic E-state index is -1.71. The van der Waals surface area contributed by atoms with E-state index in [1.807, 2.05) is 0 Å². The van der Waals surface area contributed by atoms with Crippen LogP contribution in [-0.4, -0.2) is 11.1 Å². The van der Waals surface area contributed by atoms with Crippen LogP contribution in [0.5, 0.6) is 0 Å². The SMILES string of the molecule is [2H]c1c([2H])c([2H])c(C(=O)O)c(F)c1[2H]. The lowest BCUT2D eigenvalue weighted by atomic mass is 10.2. The average Bonchev–Trinajstić information content (AvgIpc) is 2.11. The van der Waals surface area contributed by atoms with Crippen LogP contribution in [0.2, 0.25) is 0 Å². The first-order chi connectivity index (χ1) is 6.37. The van der Waals surface area contributed by atoms with Crippen LogP contribution in [0.3, 0.4) is 0 Å². The molecule has 0 amide bonds. The molecule has 0 heterocycles. The maximum Gasteiger partial charge on any atom is 0.338 e. The van der Waals surface area contributed by atoms with Crippen LogP contribution in [0.1, 0.15) is 15.8 Å². The minimum Gasteiger partial charge on any atom is -0.478 e.